The Morgan fingerprint density at radius 2 is 2.14 bits per heavy atom. The first kappa shape index (κ1) is 18.8. The molecule has 6 nitrogen and oxygen atoms in total. The Balaban J connectivity index is 1.83. The molecule has 3 aromatic rings. The van der Waals surface area contributed by atoms with Gasteiger partial charge in [-0.05, 0) is 37.8 Å². The monoisotopic (exact) mass is 392 g/mol. The van der Waals surface area contributed by atoms with Crippen molar-refractivity contribution in [2.75, 3.05) is 18.0 Å². The summed E-state index contributed by atoms with van der Waals surface area (Å²) in [5.41, 5.74) is 7.38. The van der Waals surface area contributed by atoms with Gasteiger partial charge in [-0.3, -0.25) is 9.59 Å². The zero-order chi connectivity index (χ0) is 20.5. The highest BCUT2D eigenvalue weighted by atomic mass is 19.1. The van der Waals surface area contributed by atoms with Crippen molar-refractivity contribution >= 4 is 39.3 Å². The fraction of sp³-hybridized carbons (Fsp3) is 0.273. The summed E-state index contributed by atoms with van der Waals surface area (Å²) in [6, 6.07) is 8.58. The van der Waals surface area contributed by atoms with Gasteiger partial charge in [-0.1, -0.05) is 24.1 Å². The second kappa shape index (κ2) is 7.47. The van der Waals surface area contributed by atoms with Crippen LogP contribution in [0, 0.1) is 17.7 Å². The van der Waals surface area contributed by atoms with Gasteiger partial charge in [0.2, 0.25) is 0 Å². The lowest BCUT2D eigenvalue weighted by Crippen LogP contribution is -2.47. The standard InChI is InChI=1S/C22H21FN4O2/c1-2-6-18(28)25-13-7-5-10-27(12-13)21-16(23)11-15(22(24)29)20-19(21)14-8-3-4-9-17(14)26-20/h3-4,8-9,11,13,26H,5,7,10,12H2,1H3,(H2,24,29)(H,25,28). The second-order valence-electron chi connectivity index (χ2n) is 7.17. The van der Waals surface area contributed by atoms with E-state index in [2.05, 4.69) is 22.1 Å². The summed E-state index contributed by atoms with van der Waals surface area (Å²) < 4.78 is 15.3. The van der Waals surface area contributed by atoms with Gasteiger partial charge in [-0.2, -0.15) is 0 Å². The molecule has 0 radical (unpaired) electrons. The lowest BCUT2D eigenvalue weighted by Gasteiger charge is -2.35. The fourth-order valence-electron chi connectivity index (χ4n) is 4.11. The van der Waals surface area contributed by atoms with Gasteiger partial charge in [0.25, 0.3) is 11.8 Å². The molecule has 148 valence electrons. The van der Waals surface area contributed by atoms with Gasteiger partial charge in [-0.15, -0.1) is 0 Å². The van der Waals surface area contributed by atoms with E-state index in [1.807, 2.05) is 29.2 Å². The second-order valence-corrected chi connectivity index (χ2v) is 7.17. The Labute approximate surface area is 167 Å². The molecule has 1 aliphatic heterocycles. The number of aromatic amines is 1. The van der Waals surface area contributed by atoms with Crippen LogP contribution in [-0.4, -0.2) is 35.9 Å². The maximum Gasteiger partial charge on any atom is 0.296 e. The number of anilines is 1. The van der Waals surface area contributed by atoms with Crippen molar-refractivity contribution in [1.82, 2.24) is 10.3 Å². The van der Waals surface area contributed by atoms with Crippen molar-refractivity contribution in [2.24, 2.45) is 5.73 Å². The minimum atomic E-state index is -0.686. The van der Waals surface area contributed by atoms with E-state index < -0.39 is 11.7 Å². The number of para-hydroxylation sites is 1. The summed E-state index contributed by atoms with van der Waals surface area (Å²) in [5.74, 6) is 3.54. The Hall–Kier alpha value is -3.53. The highest BCUT2D eigenvalue weighted by molar-refractivity contribution is 6.19. The van der Waals surface area contributed by atoms with Gasteiger partial charge < -0.3 is 20.9 Å². The Bertz CT molecular complexity index is 1190. The van der Waals surface area contributed by atoms with E-state index in [9.17, 15) is 9.59 Å². The van der Waals surface area contributed by atoms with E-state index in [0.29, 0.717) is 29.7 Å². The molecule has 0 spiro atoms. The summed E-state index contributed by atoms with van der Waals surface area (Å²) in [6.07, 6.45) is 1.59. The molecule has 2 amide bonds. The molecule has 4 N–H and O–H groups in total. The number of primary amides is 1. The maximum absolute atomic E-state index is 15.3. The predicted molar refractivity (Wildman–Crippen MR) is 111 cm³/mol. The third-order valence-electron chi connectivity index (χ3n) is 5.29. The molecule has 1 fully saturated rings. The number of fused-ring (bicyclic) bond motifs is 3. The normalized spacial score (nSPS) is 16.5. The molecule has 1 saturated heterocycles. The van der Waals surface area contributed by atoms with Crippen molar-refractivity contribution in [3.63, 3.8) is 0 Å². The summed E-state index contributed by atoms with van der Waals surface area (Å²) in [4.78, 5) is 28.9. The van der Waals surface area contributed by atoms with Gasteiger partial charge in [0.1, 0.15) is 5.82 Å². The number of carbonyl (C=O) groups is 2. The van der Waals surface area contributed by atoms with Crippen LogP contribution in [0.15, 0.2) is 30.3 Å². The van der Waals surface area contributed by atoms with Gasteiger partial charge in [-0.25, -0.2) is 4.39 Å². The minimum absolute atomic E-state index is 0.123. The molecule has 4 rings (SSSR count). The number of rotatable bonds is 3. The highest BCUT2D eigenvalue weighted by Gasteiger charge is 2.27. The van der Waals surface area contributed by atoms with Crippen molar-refractivity contribution in [1.29, 1.82) is 0 Å². The van der Waals surface area contributed by atoms with Crippen LogP contribution in [0.5, 0.6) is 0 Å². The van der Waals surface area contributed by atoms with E-state index in [0.717, 1.165) is 23.7 Å². The average molecular weight is 392 g/mol. The van der Waals surface area contributed by atoms with Crippen LogP contribution in [0.2, 0.25) is 0 Å². The molecule has 2 aromatic carbocycles. The molecule has 2 heterocycles. The smallest absolute Gasteiger partial charge is 0.296 e. The third-order valence-corrected chi connectivity index (χ3v) is 5.29. The Morgan fingerprint density at radius 1 is 1.34 bits per heavy atom. The number of benzene rings is 2. The number of piperidine rings is 1. The van der Waals surface area contributed by atoms with Crippen LogP contribution in [-0.2, 0) is 4.79 Å². The summed E-state index contributed by atoms with van der Waals surface area (Å²) in [5, 5.41) is 4.34. The quantitative estimate of drug-likeness (QED) is 0.599. The van der Waals surface area contributed by atoms with E-state index in [-0.39, 0.29) is 17.5 Å². The lowest BCUT2D eigenvalue weighted by atomic mass is 10.0. The van der Waals surface area contributed by atoms with Crippen LogP contribution < -0.4 is 16.0 Å². The topological polar surface area (TPSA) is 91.2 Å². The molecular formula is C22H21FN4O2. The number of nitrogens with zero attached hydrogens (tertiary/aromatic N) is 1. The Kier molecular flexibility index (Phi) is 4.85. The first-order valence-corrected chi connectivity index (χ1v) is 9.50. The van der Waals surface area contributed by atoms with Gasteiger partial charge in [0.05, 0.1) is 16.8 Å². The van der Waals surface area contributed by atoms with Crippen molar-refractivity contribution in [3.05, 3.63) is 41.7 Å². The largest absolute Gasteiger partial charge is 0.367 e. The van der Waals surface area contributed by atoms with Crippen LogP contribution in [0.4, 0.5) is 10.1 Å². The number of H-pyrrole nitrogens is 1. The highest BCUT2D eigenvalue weighted by Crippen LogP contribution is 2.38. The van der Waals surface area contributed by atoms with Crippen LogP contribution >= 0.6 is 0 Å². The van der Waals surface area contributed by atoms with E-state index in [1.165, 1.54) is 6.07 Å². The molecule has 0 aliphatic carbocycles. The van der Waals surface area contributed by atoms with Crippen molar-refractivity contribution in [3.8, 4) is 11.8 Å². The number of halogens is 1. The summed E-state index contributed by atoms with van der Waals surface area (Å²) in [7, 11) is 0. The number of hydrogen-bond donors (Lipinski definition) is 3. The molecular weight excluding hydrogens is 371 g/mol. The number of nitrogens with two attached hydrogens (primary N) is 1. The van der Waals surface area contributed by atoms with Crippen LogP contribution in [0.1, 0.15) is 30.1 Å². The molecule has 29 heavy (non-hydrogen) atoms. The van der Waals surface area contributed by atoms with Crippen molar-refractivity contribution in [2.45, 2.75) is 25.8 Å². The third kappa shape index (κ3) is 3.38. The zero-order valence-corrected chi connectivity index (χ0v) is 16.0. The van der Waals surface area contributed by atoms with Crippen LogP contribution in [0.25, 0.3) is 21.8 Å². The van der Waals surface area contributed by atoms with E-state index in [4.69, 9.17) is 5.73 Å². The minimum Gasteiger partial charge on any atom is -0.367 e. The average Bonchev–Trinajstić information content (AvgIpc) is 3.07. The number of hydrogen-bond acceptors (Lipinski definition) is 3. The fourth-order valence-corrected chi connectivity index (χ4v) is 4.11. The van der Waals surface area contributed by atoms with Gasteiger partial charge in [0, 0.05) is 35.4 Å². The predicted octanol–water partition coefficient (Wildman–Crippen LogP) is 2.67. The molecule has 1 aromatic heterocycles. The molecule has 1 aliphatic rings. The summed E-state index contributed by atoms with van der Waals surface area (Å²) >= 11 is 0. The van der Waals surface area contributed by atoms with Gasteiger partial charge >= 0.3 is 0 Å². The first-order valence-electron chi connectivity index (χ1n) is 9.50. The van der Waals surface area contributed by atoms with Crippen molar-refractivity contribution < 1.29 is 14.0 Å². The molecule has 0 saturated carbocycles. The molecule has 0 bridgehead atoms. The van der Waals surface area contributed by atoms with E-state index in [1.54, 1.807) is 6.92 Å². The maximum atomic E-state index is 15.3. The summed E-state index contributed by atoms with van der Waals surface area (Å²) in [6.45, 7) is 2.71. The number of nitrogens with one attached hydrogen (secondary N) is 2. The van der Waals surface area contributed by atoms with Gasteiger partial charge in [0.15, 0.2) is 0 Å². The van der Waals surface area contributed by atoms with E-state index >= 15 is 4.39 Å². The van der Waals surface area contributed by atoms with Crippen LogP contribution in [0.3, 0.4) is 0 Å². The SMILES string of the molecule is CC#CC(=O)NC1CCCN(c2c(F)cc(C(N)=O)c3[nH]c4ccccc4c23)C1. The number of amides is 2. The molecule has 1 unspecified atom stereocenters. The Morgan fingerprint density at radius 3 is 2.90 bits per heavy atom. The number of carbonyl (C=O) groups excluding carboxylic acids is 2. The number of aromatic nitrogens is 1. The molecule has 7 heteroatoms. The lowest BCUT2D eigenvalue weighted by molar-refractivity contribution is -0.116. The first-order chi connectivity index (χ1) is 14.0. The zero-order valence-electron chi connectivity index (χ0n) is 16.0. The molecule has 1 atom stereocenters.